The molecular weight excluding hydrogens is 339 g/mol. The number of anilines is 1. The van der Waals surface area contributed by atoms with Crippen LogP contribution in [0.1, 0.15) is 30.7 Å². The van der Waals surface area contributed by atoms with Gasteiger partial charge in [-0.05, 0) is 49.3 Å². The first-order valence-corrected chi connectivity index (χ1v) is 9.81. The molecule has 0 radical (unpaired) electrons. The second-order valence-electron chi connectivity index (χ2n) is 7.47. The second kappa shape index (κ2) is 6.80. The summed E-state index contributed by atoms with van der Waals surface area (Å²) in [4.78, 5) is 15.2. The van der Waals surface area contributed by atoms with Crippen molar-refractivity contribution in [3.05, 3.63) is 54.0 Å². The number of benzene rings is 1. The first-order chi connectivity index (χ1) is 13.3. The van der Waals surface area contributed by atoms with E-state index < -0.39 is 6.17 Å². The molecule has 5 heteroatoms. The van der Waals surface area contributed by atoms with Gasteiger partial charge in [0.2, 0.25) is 0 Å². The third-order valence-corrected chi connectivity index (χ3v) is 5.64. The number of alkyl halides is 1. The first-order valence-electron chi connectivity index (χ1n) is 9.81. The number of imidazole rings is 1. The lowest BCUT2D eigenvalue weighted by Gasteiger charge is -2.21. The zero-order chi connectivity index (χ0) is 18.2. The molecule has 5 rings (SSSR count). The van der Waals surface area contributed by atoms with Gasteiger partial charge in [0.1, 0.15) is 17.8 Å². The fourth-order valence-corrected chi connectivity index (χ4v) is 4.26. The van der Waals surface area contributed by atoms with E-state index in [4.69, 9.17) is 4.98 Å². The minimum Gasteiger partial charge on any atom is -0.353 e. The number of aryl methyl sites for hydroxylation is 2. The average Bonchev–Trinajstić information content (AvgIpc) is 3.34. The summed E-state index contributed by atoms with van der Waals surface area (Å²) in [6.45, 7) is 1.10. The Morgan fingerprint density at radius 3 is 2.70 bits per heavy atom. The van der Waals surface area contributed by atoms with Gasteiger partial charge in [-0.25, -0.2) is 14.4 Å². The molecule has 1 aliphatic heterocycles. The van der Waals surface area contributed by atoms with Crippen LogP contribution in [0, 0.1) is 0 Å². The number of hydrogen-bond acceptors (Lipinski definition) is 3. The smallest absolute Gasteiger partial charge is 0.142 e. The molecule has 1 fully saturated rings. The molecule has 0 unspecified atom stereocenters. The zero-order valence-corrected chi connectivity index (χ0v) is 15.3. The van der Waals surface area contributed by atoms with Crippen molar-refractivity contribution >= 4 is 5.82 Å². The molecule has 2 aromatic heterocycles. The van der Waals surface area contributed by atoms with E-state index in [1.807, 2.05) is 30.5 Å². The van der Waals surface area contributed by atoms with Gasteiger partial charge in [0.15, 0.2) is 0 Å². The number of pyridine rings is 1. The second-order valence-corrected chi connectivity index (χ2v) is 7.47. The van der Waals surface area contributed by atoms with Gasteiger partial charge in [-0.1, -0.05) is 30.3 Å². The number of nitrogens with one attached hydrogen (secondary N) is 1. The van der Waals surface area contributed by atoms with Gasteiger partial charge in [0, 0.05) is 18.4 Å². The van der Waals surface area contributed by atoms with Crippen LogP contribution < -0.4 is 4.90 Å². The molecule has 0 saturated carbocycles. The lowest BCUT2D eigenvalue weighted by Crippen LogP contribution is -2.22. The van der Waals surface area contributed by atoms with E-state index in [1.165, 1.54) is 24.2 Å². The van der Waals surface area contributed by atoms with Crippen molar-refractivity contribution in [2.75, 3.05) is 18.0 Å². The Kier molecular flexibility index (Phi) is 4.15. The molecule has 1 atom stereocenters. The fourth-order valence-electron chi connectivity index (χ4n) is 4.26. The number of aromatic amines is 1. The highest BCUT2D eigenvalue weighted by molar-refractivity contribution is 5.88. The highest BCUT2D eigenvalue weighted by atomic mass is 19.1. The normalized spacial score (nSPS) is 19.3. The molecule has 138 valence electrons. The summed E-state index contributed by atoms with van der Waals surface area (Å²) in [5, 5.41) is 0. The quantitative estimate of drug-likeness (QED) is 0.742. The Labute approximate surface area is 158 Å². The molecule has 0 amide bonds. The topological polar surface area (TPSA) is 44.8 Å². The lowest BCUT2D eigenvalue weighted by atomic mass is 10.00. The summed E-state index contributed by atoms with van der Waals surface area (Å²) in [6.07, 6.45) is 6.08. The van der Waals surface area contributed by atoms with Crippen LogP contribution in [-0.4, -0.2) is 34.2 Å². The molecule has 27 heavy (non-hydrogen) atoms. The van der Waals surface area contributed by atoms with E-state index >= 15 is 0 Å². The maximum atomic E-state index is 13.9. The van der Waals surface area contributed by atoms with E-state index in [0.717, 1.165) is 41.2 Å². The molecular formula is C22H23FN4. The standard InChI is InChI=1S/C22H23FN4/c23-16-11-13-27(14-16)22-20(21-25-18-8-4-5-9-19(18)26-21)17(10-12-24-22)15-6-2-1-3-7-15/h1-3,6-7,10,12,16H,4-5,8-9,11,13-14H2,(H,25,26)/t16-/m0/s1. The van der Waals surface area contributed by atoms with Gasteiger partial charge in [0.25, 0.3) is 0 Å². The summed E-state index contributed by atoms with van der Waals surface area (Å²) in [5.74, 6) is 1.70. The summed E-state index contributed by atoms with van der Waals surface area (Å²) < 4.78 is 13.9. The van der Waals surface area contributed by atoms with Crippen LogP contribution in [0.4, 0.5) is 10.2 Å². The van der Waals surface area contributed by atoms with Crippen molar-refractivity contribution in [2.24, 2.45) is 0 Å². The van der Waals surface area contributed by atoms with Crippen molar-refractivity contribution in [3.8, 4) is 22.5 Å². The van der Waals surface area contributed by atoms with E-state index in [2.05, 4.69) is 27.0 Å². The van der Waals surface area contributed by atoms with Gasteiger partial charge in [-0.15, -0.1) is 0 Å². The molecule has 1 aromatic carbocycles. The van der Waals surface area contributed by atoms with Crippen molar-refractivity contribution in [2.45, 2.75) is 38.3 Å². The van der Waals surface area contributed by atoms with E-state index in [1.54, 1.807) is 0 Å². The largest absolute Gasteiger partial charge is 0.353 e. The Hall–Kier alpha value is -2.69. The molecule has 0 spiro atoms. The number of rotatable bonds is 3. The zero-order valence-electron chi connectivity index (χ0n) is 15.3. The predicted molar refractivity (Wildman–Crippen MR) is 106 cm³/mol. The van der Waals surface area contributed by atoms with Gasteiger partial charge >= 0.3 is 0 Å². The van der Waals surface area contributed by atoms with Crippen molar-refractivity contribution in [1.29, 1.82) is 0 Å². The van der Waals surface area contributed by atoms with Crippen LogP contribution >= 0.6 is 0 Å². The third-order valence-electron chi connectivity index (χ3n) is 5.64. The van der Waals surface area contributed by atoms with Crippen LogP contribution in [0.5, 0.6) is 0 Å². The maximum Gasteiger partial charge on any atom is 0.142 e. The molecule has 2 aliphatic rings. The number of H-pyrrole nitrogens is 1. The van der Waals surface area contributed by atoms with E-state index in [-0.39, 0.29) is 0 Å². The predicted octanol–water partition coefficient (Wildman–Crippen LogP) is 4.57. The number of fused-ring (bicyclic) bond motifs is 1. The molecule has 0 bridgehead atoms. The summed E-state index contributed by atoms with van der Waals surface area (Å²) in [7, 11) is 0. The van der Waals surface area contributed by atoms with Crippen LogP contribution in [0.2, 0.25) is 0 Å². The van der Waals surface area contributed by atoms with Crippen LogP contribution in [0.25, 0.3) is 22.5 Å². The maximum absolute atomic E-state index is 13.9. The van der Waals surface area contributed by atoms with Crippen molar-refractivity contribution < 1.29 is 4.39 Å². The Bertz CT molecular complexity index is 927. The molecule has 3 heterocycles. The molecule has 4 nitrogen and oxygen atoms in total. The molecule has 1 saturated heterocycles. The number of nitrogens with zero attached hydrogens (tertiary/aromatic N) is 3. The van der Waals surface area contributed by atoms with E-state index in [9.17, 15) is 4.39 Å². The van der Waals surface area contributed by atoms with Crippen LogP contribution in [0.3, 0.4) is 0 Å². The first kappa shape index (κ1) is 16.5. The SMILES string of the molecule is F[C@H]1CCN(c2nccc(-c3ccccc3)c2-c2nc3c([nH]2)CCCC3)C1. The van der Waals surface area contributed by atoms with Gasteiger partial charge in [-0.2, -0.15) is 0 Å². The van der Waals surface area contributed by atoms with Crippen LogP contribution in [-0.2, 0) is 12.8 Å². The van der Waals surface area contributed by atoms with Crippen molar-refractivity contribution in [3.63, 3.8) is 0 Å². The Balaban J connectivity index is 1.69. The minimum absolute atomic E-state index is 0.401. The Morgan fingerprint density at radius 1 is 1.07 bits per heavy atom. The van der Waals surface area contributed by atoms with Crippen LogP contribution in [0.15, 0.2) is 42.6 Å². The summed E-state index contributed by atoms with van der Waals surface area (Å²) in [5.41, 5.74) is 5.63. The molecule has 3 aromatic rings. The number of aromatic nitrogens is 3. The minimum atomic E-state index is -0.787. The number of halogens is 1. The van der Waals surface area contributed by atoms with Crippen molar-refractivity contribution in [1.82, 2.24) is 15.0 Å². The highest BCUT2D eigenvalue weighted by Crippen LogP contribution is 2.39. The summed E-state index contributed by atoms with van der Waals surface area (Å²) in [6, 6.07) is 12.4. The lowest BCUT2D eigenvalue weighted by molar-refractivity contribution is 0.364. The van der Waals surface area contributed by atoms with Gasteiger partial charge in [0.05, 0.1) is 17.8 Å². The van der Waals surface area contributed by atoms with E-state index in [0.29, 0.717) is 19.5 Å². The number of hydrogen-bond donors (Lipinski definition) is 1. The van der Waals surface area contributed by atoms with Gasteiger partial charge < -0.3 is 9.88 Å². The monoisotopic (exact) mass is 362 g/mol. The fraction of sp³-hybridized carbons (Fsp3) is 0.364. The average molecular weight is 362 g/mol. The highest BCUT2D eigenvalue weighted by Gasteiger charge is 2.28. The third kappa shape index (κ3) is 3.01. The summed E-state index contributed by atoms with van der Waals surface area (Å²) >= 11 is 0. The molecule has 1 aliphatic carbocycles. The van der Waals surface area contributed by atoms with Gasteiger partial charge in [-0.3, -0.25) is 0 Å². The molecule has 1 N–H and O–H groups in total. The Morgan fingerprint density at radius 2 is 1.93 bits per heavy atom.